The van der Waals surface area contributed by atoms with Crippen molar-refractivity contribution in [3.63, 3.8) is 0 Å². The largest absolute Gasteiger partial charge is 0.314 e. The van der Waals surface area contributed by atoms with Crippen LogP contribution >= 0.6 is 0 Å². The lowest BCUT2D eigenvalue weighted by Crippen LogP contribution is -2.33. The summed E-state index contributed by atoms with van der Waals surface area (Å²) in [5.74, 6) is 1.77. The fourth-order valence-electron chi connectivity index (χ4n) is 3.15. The smallest absolute Gasteiger partial charge is 0.0683 e. The lowest BCUT2D eigenvalue weighted by atomic mass is 9.89. The van der Waals surface area contributed by atoms with Crippen LogP contribution in [0.15, 0.2) is 0 Å². The first-order valence-electron chi connectivity index (χ1n) is 7.65. The van der Waals surface area contributed by atoms with Crippen molar-refractivity contribution in [1.82, 2.24) is 5.32 Å². The Morgan fingerprint density at radius 1 is 1.28 bits per heavy atom. The monoisotopic (exact) mass is 250 g/mol. The molecule has 3 atom stereocenters. The molecule has 1 N–H and O–H groups in total. The summed E-state index contributed by atoms with van der Waals surface area (Å²) in [7, 11) is 0. The molecule has 1 aliphatic rings. The van der Waals surface area contributed by atoms with Crippen molar-refractivity contribution in [2.24, 2.45) is 17.3 Å². The third kappa shape index (κ3) is 4.61. The number of nitrogens with one attached hydrogen (secondary N) is 1. The van der Waals surface area contributed by atoms with Crippen LogP contribution in [0.25, 0.3) is 0 Å². The van der Waals surface area contributed by atoms with Gasteiger partial charge in [-0.25, -0.2) is 0 Å². The highest BCUT2D eigenvalue weighted by Gasteiger charge is 2.30. The van der Waals surface area contributed by atoms with Crippen molar-refractivity contribution in [3.8, 4) is 6.07 Å². The number of rotatable bonds is 7. The summed E-state index contributed by atoms with van der Waals surface area (Å²) in [6.45, 7) is 9.90. The minimum Gasteiger partial charge on any atom is -0.314 e. The zero-order valence-corrected chi connectivity index (χ0v) is 12.6. The van der Waals surface area contributed by atoms with E-state index in [1.165, 1.54) is 25.7 Å². The minimum absolute atomic E-state index is 0.145. The first kappa shape index (κ1) is 15.5. The van der Waals surface area contributed by atoms with Crippen LogP contribution in [0.2, 0.25) is 0 Å². The lowest BCUT2D eigenvalue weighted by Gasteiger charge is -2.21. The molecular formula is C16H30N2. The fourth-order valence-corrected chi connectivity index (χ4v) is 3.15. The molecular weight excluding hydrogens is 220 g/mol. The molecule has 0 saturated heterocycles. The summed E-state index contributed by atoms with van der Waals surface area (Å²) in [5.41, 5.74) is -0.145. The number of hydrogen-bond acceptors (Lipinski definition) is 2. The Morgan fingerprint density at radius 2 is 2.00 bits per heavy atom. The standard InChI is InChI=1S/C16H30N2/c1-5-14-8-9-15(13(14)2)18-11-7-6-10-16(3,4)12-17/h13-15,18H,5-11H2,1-4H3. The molecule has 0 amide bonds. The van der Waals surface area contributed by atoms with E-state index >= 15 is 0 Å². The Morgan fingerprint density at radius 3 is 2.56 bits per heavy atom. The van der Waals surface area contributed by atoms with Gasteiger partial charge in [-0.15, -0.1) is 0 Å². The summed E-state index contributed by atoms with van der Waals surface area (Å²) >= 11 is 0. The van der Waals surface area contributed by atoms with Gasteiger partial charge >= 0.3 is 0 Å². The summed E-state index contributed by atoms with van der Waals surface area (Å²) in [5, 5.41) is 12.7. The Bertz CT molecular complexity index is 277. The van der Waals surface area contributed by atoms with Gasteiger partial charge in [0, 0.05) is 6.04 Å². The highest BCUT2D eigenvalue weighted by atomic mass is 14.9. The van der Waals surface area contributed by atoms with E-state index in [0.29, 0.717) is 0 Å². The van der Waals surface area contributed by atoms with E-state index in [0.717, 1.165) is 37.3 Å². The van der Waals surface area contributed by atoms with Crippen molar-refractivity contribution >= 4 is 0 Å². The van der Waals surface area contributed by atoms with Crippen LogP contribution in [0.4, 0.5) is 0 Å². The molecule has 1 aliphatic carbocycles. The maximum absolute atomic E-state index is 8.95. The van der Waals surface area contributed by atoms with Crippen molar-refractivity contribution < 1.29 is 0 Å². The maximum Gasteiger partial charge on any atom is 0.0683 e. The van der Waals surface area contributed by atoms with Gasteiger partial charge in [0.1, 0.15) is 0 Å². The van der Waals surface area contributed by atoms with Gasteiger partial charge in [-0.1, -0.05) is 26.7 Å². The lowest BCUT2D eigenvalue weighted by molar-refractivity contribution is 0.340. The van der Waals surface area contributed by atoms with Crippen LogP contribution in [0.1, 0.15) is 66.2 Å². The minimum atomic E-state index is -0.145. The maximum atomic E-state index is 8.95. The topological polar surface area (TPSA) is 35.8 Å². The third-order valence-corrected chi connectivity index (χ3v) is 4.69. The van der Waals surface area contributed by atoms with Crippen LogP contribution < -0.4 is 5.32 Å². The molecule has 2 heteroatoms. The first-order chi connectivity index (χ1) is 8.50. The predicted molar refractivity (Wildman–Crippen MR) is 77.2 cm³/mol. The number of hydrogen-bond donors (Lipinski definition) is 1. The number of unbranched alkanes of at least 4 members (excludes halogenated alkanes) is 1. The van der Waals surface area contributed by atoms with Crippen molar-refractivity contribution in [1.29, 1.82) is 5.26 Å². The van der Waals surface area contributed by atoms with Crippen LogP contribution in [-0.4, -0.2) is 12.6 Å². The van der Waals surface area contributed by atoms with Crippen molar-refractivity contribution in [2.75, 3.05) is 6.54 Å². The van der Waals surface area contributed by atoms with Gasteiger partial charge < -0.3 is 5.32 Å². The van der Waals surface area contributed by atoms with Crippen LogP contribution in [0.5, 0.6) is 0 Å². The number of nitrogens with zero attached hydrogens (tertiary/aromatic N) is 1. The molecule has 0 spiro atoms. The molecule has 0 aliphatic heterocycles. The highest BCUT2D eigenvalue weighted by molar-refractivity contribution is 4.91. The average molecular weight is 250 g/mol. The van der Waals surface area contributed by atoms with Gasteiger partial charge in [-0.3, -0.25) is 0 Å². The van der Waals surface area contributed by atoms with E-state index in [-0.39, 0.29) is 5.41 Å². The zero-order valence-electron chi connectivity index (χ0n) is 12.6. The van der Waals surface area contributed by atoms with Gasteiger partial charge in [0.15, 0.2) is 0 Å². The first-order valence-corrected chi connectivity index (χ1v) is 7.65. The molecule has 1 saturated carbocycles. The van der Waals surface area contributed by atoms with Crippen LogP contribution in [0, 0.1) is 28.6 Å². The second-order valence-corrected chi connectivity index (χ2v) is 6.62. The molecule has 2 nitrogen and oxygen atoms in total. The molecule has 0 radical (unpaired) electrons. The van der Waals surface area contributed by atoms with Crippen LogP contribution in [-0.2, 0) is 0 Å². The average Bonchev–Trinajstić information content (AvgIpc) is 2.70. The third-order valence-electron chi connectivity index (χ3n) is 4.69. The summed E-state index contributed by atoms with van der Waals surface area (Å²) in [4.78, 5) is 0. The van der Waals surface area contributed by atoms with E-state index in [2.05, 4.69) is 25.2 Å². The summed E-state index contributed by atoms with van der Waals surface area (Å²) < 4.78 is 0. The zero-order chi connectivity index (χ0) is 13.6. The van der Waals surface area contributed by atoms with E-state index in [1.54, 1.807) is 0 Å². The second kappa shape index (κ2) is 7.14. The normalized spacial score (nSPS) is 28.3. The molecule has 18 heavy (non-hydrogen) atoms. The van der Waals surface area contributed by atoms with Crippen molar-refractivity contribution in [2.45, 2.75) is 72.3 Å². The molecule has 0 bridgehead atoms. The molecule has 104 valence electrons. The molecule has 3 unspecified atom stereocenters. The summed E-state index contributed by atoms with van der Waals surface area (Å²) in [6.07, 6.45) is 7.45. The molecule has 0 heterocycles. The van der Waals surface area contributed by atoms with Gasteiger partial charge in [0.25, 0.3) is 0 Å². The van der Waals surface area contributed by atoms with Gasteiger partial charge in [0.2, 0.25) is 0 Å². The van der Waals surface area contributed by atoms with Crippen LogP contribution in [0.3, 0.4) is 0 Å². The van der Waals surface area contributed by atoms with Gasteiger partial charge in [-0.05, 0) is 57.9 Å². The highest BCUT2D eigenvalue weighted by Crippen LogP contribution is 2.33. The van der Waals surface area contributed by atoms with Gasteiger partial charge in [-0.2, -0.15) is 5.26 Å². The second-order valence-electron chi connectivity index (χ2n) is 6.62. The van der Waals surface area contributed by atoms with E-state index in [9.17, 15) is 0 Å². The molecule has 1 fully saturated rings. The summed E-state index contributed by atoms with van der Waals surface area (Å²) in [6, 6.07) is 3.11. The predicted octanol–water partition coefficient (Wildman–Crippen LogP) is 4.12. The molecule has 0 aromatic carbocycles. The Balaban J connectivity index is 2.11. The van der Waals surface area contributed by atoms with E-state index in [4.69, 9.17) is 5.26 Å². The SMILES string of the molecule is CCC1CCC(NCCCCC(C)(C)C#N)C1C. The molecule has 0 aromatic heterocycles. The van der Waals surface area contributed by atoms with E-state index in [1.807, 2.05) is 13.8 Å². The Labute approximate surface area is 113 Å². The fraction of sp³-hybridized carbons (Fsp3) is 0.938. The molecule has 0 aromatic rings. The van der Waals surface area contributed by atoms with Crippen molar-refractivity contribution in [3.05, 3.63) is 0 Å². The quantitative estimate of drug-likeness (QED) is 0.690. The number of nitriles is 1. The Kier molecular flexibility index (Phi) is 6.15. The van der Waals surface area contributed by atoms with E-state index < -0.39 is 0 Å². The Hall–Kier alpha value is -0.550. The molecule has 1 rings (SSSR count). The van der Waals surface area contributed by atoms with Gasteiger partial charge in [0.05, 0.1) is 11.5 Å².